The highest BCUT2D eigenvalue weighted by Gasteiger charge is 2.35. The van der Waals surface area contributed by atoms with E-state index in [1.54, 1.807) is 0 Å². The second-order valence-electron chi connectivity index (χ2n) is 5.03. The first-order chi connectivity index (χ1) is 9.24. The third-order valence-electron chi connectivity index (χ3n) is 3.60. The van der Waals surface area contributed by atoms with E-state index in [2.05, 4.69) is 22.4 Å². The van der Waals surface area contributed by atoms with Gasteiger partial charge in [0.1, 0.15) is 0 Å². The molecule has 1 aromatic carbocycles. The Hall–Kier alpha value is -2.16. The normalized spacial score (nSPS) is 22.3. The van der Waals surface area contributed by atoms with Crippen molar-refractivity contribution in [3.63, 3.8) is 0 Å². The average Bonchev–Trinajstić information content (AvgIpc) is 2.83. The number of nitrogens with one attached hydrogen (secondary N) is 1. The number of nitrogens with zero attached hydrogens (tertiary/aromatic N) is 1. The Balaban J connectivity index is 1.95. The van der Waals surface area contributed by atoms with Gasteiger partial charge in [0.2, 0.25) is 5.91 Å². The third kappa shape index (κ3) is 2.36. The molecule has 2 heterocycles. The summed E-state index contributed by atoms with van der Waals surface area (Å²) in [6.45, 7) is 2.02. The Morgan fingerprint density at radius 1 is 1.16 bits per heavy atom. The van der Waals surface area contributed by atoms with E-state index in [-0.39, 0.29) is 17.9 Å². The number of amides is 1. The van der Waals surface area contributed by atoms with Crippen molar-refractivity contribution in [2.75, 3.05) is 0 Å². The number of carbonyl (C=O) groups is 1. The number of aryl methyl sites for hydroxylation is 1. The highest BCUT2D eigenvalue weighted by Crippen LogP contribution is 2.37. The van der Waals surface area contributed by atoms with Crippen molar-refractivity contribution < 1.29 is 4.79 Å². The molecule has 0 bridgehead atoms. The molecular formula is C16H16N2O. The molecule has 96 valence electrons. The van der Waals surface area contributed by atoms with Crippen molar-refractivity contribution in [3.8, 4) is 0 Å². The van der Waals surface area contributed by atoms with Gasteiger partial charge < -0.3 is 5.32 Å². The van der Waals surface area contributed by atoms with E-state index in [1.165, 1.54) is 0 Å². The lowest BCUT2D eigenvalue weighted by atomic mass is 9.91. The fraction of sp³-hybridized carbons (Fsp3) is 0.250. The number of aromatic nitrogens is 1. The number of hydrogen-bond donors (Lipinski definition) is 1. The Kier molecular flexibility index (Phi) is 3.03. The van der Waals surface area contributed by atoms with E-state index in [0.29, 0.717) is 6.42 Å². The number of rotatable bonds is 2. The zero-order valence-electron chi connectivity index (χ0n) is 10.8. The number of carbonyl (C=O) groups excluding carboxylic acids is 1. The van der Waals surface area contributed by atoms with Crippen molar-refractivity contribution >= 4 is 5.91 Å². The lowest BCUT2D eigenvalue weighted by Crippen LogP contribution is -2.20. The van der Waals surface area contributed by atoms with E-state index >= 15 is 0 Å². The van der Waals surface area contributed by atoms with Crippen LogP contribution in [0.2, 0.25) is 0 Å². The van der Waals surface area contributed by atoms with Gasteiger partial charge in [-0.2, -0.15) is 0 Å². The molecule has 2 unspecified atom stereocenters. The van der Waals surface area contributed by atoms with Gasteiger partial charge in [-0.25, -0.2) is 0 Å². The van der Waals surface area contributed by atoms with E-state index < -0.39 is 0 Å². The first-order valence-corrected chi connectivity index (χ1v) is 6.51. The highest BCUT2D eigenvalue weighted by molar-refractivity contribution is 5.80. The Morgan fingerprint density at radius 2 is 1.95 bits per heavy atom. The SMILES string of the molecule is Cc1ccc(C2CC(=O)NC2c2ccccc2)nc1. The Morgan fingerprint density at radius 3 is 2.63 bits per heavy atom. The molecule has 1 fully saturated rings. The van der Waals surface area contributed by atoms with E-state index in [0.717, 1.165) is 16.8 Å². The molecule has 3 heteroatoms. The maximum atomic E-state index is 11.7. The summed E-state index contributed by atoms with van der Waals surface area (Å²) in [6, 6.07) is 14.2. The van der Waals surface area contributed by atoms with Crippen LogP contribution >= 0.6 is 0 Å². The van der Waals surface area contributed by atoms with Crippen LogP contribution in [-0.4, -0.2) is 10.9 Å². The van der Waals surface area contributed by atoms with Gasteiger partial charge >= 0.3 is 0 Å². The zero-order chi connectivity index (χ0) is 13.2. The fourth-order valence-corrected chi connectivity index (χ4v) is 2.60. The van der Waals surface area contributed by atoms with Gasteiger partial charge in [0.25, 0.3) is 0 Å². The number of benzene rings is 1. The molecular weight excluding hydrogens is 236 g/mol. The van der Waals surface area contributed by atoms with Crippen LogP contribution < -0.4 is 5.32 Å². The van der Waals surface area contributed by atoms with Crippen molar-refractivity contribution in [2.45, 2.75) is 25.3 Å². The van der Waals surface area contributed by atoms with Crippen molar-refractivity contribution in [3.05, 3.63) is 65.5 Å². The van der Waals surface area contributed by atoms with Gasteiger partial charge in [-0.15, -0.1) is 0 Å². The van der Waals surface area contributed by atoms with Crippen LogP contribution in [0.25, 0.3) is 0 Å². The monoisotopic (exact) mass is 252 g/mol. The highest BCUT2D eigenvalue weighted by atomic mass is 16.2. The minimum absolute atomic E-state index is 0.0314. The first kappa shape index (κ1) is 11.9. The molecule has 1 amide bonds. The summed E-state index contributed by atoms with van der Waals surface area (Å²) < 4.78 is 0. The van der Waals surface area contributed by atoms with Crippen LogP contribution in [-0.2, 0) is 4.79 Å². The molecule has 19 heavy (non-hydrogen) atoms. The van der Waals surface area contributed by atoms with Crippen LogP contribution in [0.4, 0.5) is 0 Å². The summed E-state index contributed by atoms with van der Waals surface area (Å²) >= 11 is 0. The molecule has 3 rings (SSSR count). The maximum Gasteiger partial charge on any atom is 0.221 e. The van der Waals surface area contributed by atoms with Crippen LogP contribution in [0.15, 0.2) is 48.7 Å². The maximum absolute atomic E-state index is 11.7. The third-order valence-corrected chi connectivity index (χ3v) is 3.60. The smallest absolute Gasteiger partial charge is 0.221 e. The van der Waals surface area contributed by atoms with Crippen LogP contribution in [0, 0.1) is 6.92 Å². The van der Waals surface area contributed by atoms with Crippen LogP contribution in [0.3, 0.4) is 0 Å². The molecule has 1 aliphatic rings. The van der Waals surface area contributed by atoms with Crippen molar-refractivity contribution in [1.29, 1.82) is 0 Å². The summed E-state index contributed by atoms with van der Waals surface area (Å²) in [6.07, 6.45) is 2.37. The van der Waals surface area contributed by atoms with Gasteiger partial charge in [-0.05, 0) is 24.1 Å². The molecule has 0 radical (unpaired) electrons. The lowest BCUT2D eigenvalue weighted by Gasteiger charge is -2.18. The molecule has 0 saturated carbocycles. The summed E-state index contributed by atoms with van der Waals surface area (Å²) in [5.41, 5.74) is 3.26. The van der Waals surface area contributed by atoms with E-state index in [1.807, 2.05) is 43.5 Å². The average molecular weight is 252 g/mol. The Labute approximate surface area is 112 Å². The summed E-state index contributed by atoms with van der Waals surface area (Å²) in [4.78, 5) is 16.2. The zero-order valence-corrected chi connectivity index (χ0v) is 10.8. The van der Waals surface area contributed by atoms with Gasteiger partial charge in [0.15, 0.2) is 0 Å². The molecule has 1 N–H and O–H groups in total. The van der Waals surface area contributed by atoms with Crippen molar-refractivity contribution in [1.82, 2.24) is 10.3 Å². The van der Waals surface area contributed by atoms with Crippen LogP contribution in [0.5, 0.6) is 0 Å². The predicted molar refractivity (Wildman–Crippen MR) is 73.7 cm³/mol. The van der Waals surface area contributed by atoms with Gasteiger partial charge in [-0.3, -0.25) is 9.78 Å². The molecule has 0 aliphatic carbocycles. The molecule has 2 atom stereocenters. The van der Waals surface area contributed by atoms with E-state index in [9.17, 15) is 4.79 Å². The van der Waals surface area contributed by atoms with Gasteiger partial charge in [0, 0.05) is 24.2 Å². The molecule has 1 aromatic heterocycles. The Bertz CT molecular complexity index is 577. The molecule has 2 aromatic rings. The molecule has 0 spiro atoms. The molecule has 1 saturated heterocycles. The largest absolute Gasteiger partial charge is 0.349 e. The summed E-state index contributed by atoms with van der Waals surface area (Å²) in [5.74, 6) is 0.219. The second kappa shape index (κ2) is 4.84. The topological polar surface area (TPSA) is 42.0 Å². The minimum atomic E-state index is 0.0314. The van der Waals surface area contributed by atoms with Gasteiger partial charge in [0.05, 0.1) is 6.04 Å². The lowest BCUT2D eigenvalue weighted by molar-refractivity contribution is -0.119. The predicted octanol–water partition coefficient (Wildman–Crippen LogP) is 2.73. The standard InChI is InChI=1S/C16H16N2O/c1-11-7-8-14(17-10-11)13-9-15(19)18-16(13)12-5-3-2-4-6-12/h2-8,10,13,16H,9H2,1H3,(H,18,19). The number of pyridine rings is 1. The van der Waals surface area contributed by atoms with Crippen molar-refractivity contribution in [2.24, 2.45) is 0 Å². The number of hydrogen-bond acceptors (Lipinski definition) is 2. The molecule has 1 aliphatic heterocycles. The first-order valence-electron chi connectivity index (χ1n) is 6.51. The summed E-state index contributed by atoms with van der Waals surface area (Å²) in [7, 11) is 0. The van der Waals surface area contributed by atoms with Gasteiger partial charge in [-0.1, -0.05) is 36.4 Å². The van der Waals surface area contributed by atoms with E-state index in [4.69, 9.17) is 0 Å². The summed E-state index contributed by atoms with van der Waals surface area (Å²) in [5, 5.41) is 3.05. The minimum Gasteiger partial charge on any atom is -0.349 e. The fourth-order valence-electron chi connectivity index (χ4n) is 2.60. The quantitative estimate of drug-likeness (QED) is 0.893. The van der Waals surface area contributed by atoms with Crippen LogP contribution in [0.1, 0.15) is 35.2 Å². The second-order valence-corrected chi connectivity index (χ2v) is 5.03. The molecule has 3 nitrogen and oxygen atoms in total.